The standard InChI is InChI=1S/C30H31F2N7O4/c1-3-15-10-16(4-5-18(15)29(41)37-20-12-21(20)38-30(42)22-11-17(40)13-34-22)36-27-28-35-14-23(39(28)9-8-33-27)19-6-7-24(43-2)26(32)25(19)31/h4-10,14,17,20-22,34,40H,3,11-13H2,1-2H3,(H,33,36)(H,37,41)(H,38,42)/t17-,20-,21+,22+/m1/s1. The maximum Gasteiger partial charge on any atom is 0.251 e. The number of ether oxygens (including phenoxy) is 1. The molecule has 1 saturated heterocycles. The molecule has 4 aromatic rings. The molecule has 0 spiro atoms. The SMILES string of the molecule is CCc1cc(Nc2nccn3c(-c4ccc(OC)c(F)c4F)cnc23)ccc1C(=O)N[C@@H]1C[C@@H]1NC(=O)[C@@H]1C[C@@H](O)CN1. The van der Waals surface area contributed by atoms with E-state index in [0.29, 0.717) is 54.2 Å². The molecule has 2 fully saturated rings. The number of nitrogens with zero attached hydrogens (tertiary/aromatic N) is 3. The molecule has 0 radical (unpaired) electrons. The number of carbonyl (C=O) groups excluding carboxylic acids is 2. The Hall–Kier alpha value is -4.62. The minimum atomic E-state index is -1.08. The van der Waals surface area contributed by atoms with Crippen LogP contribution >= 0.6 is 0 Å². The van der Waals surface area contributed by atoms with E-state index < -0.39 is 23.8 Å². The average molecular weight is 592 g/mol. The zero-order valence-corrected chi connectivity index (χ0v) is 23.5. The molecule has 1 saturated carbocycles. The lowest BCUT2D eigenvalue weighted by Gasteiger charge is -2.14. The lowest BCUT2D eigenvalue weighted by Crippen LogP contribution is -2.43. The van der Waals surface area contributed by atoms with Crippen LogP contribution in [0, 0.1) is 11.6 Å². The number of nitrogens with one attached hydrogen (secondary N) is 4. The monoisotopic (exact) mass is 591 g/mol. The summed E-state index contributed by atoms with van der Waals surface area (Å²) in [6, 6.07) is 7.40. The van der Waals surface area contributed by atoms with Gasteiger partial charge in [-0.1, -0.05) is 6.92 Å². The Morgan fingerprint density at radius 1 is 1.12 bits per heavy atom. The van der Waals surface area contributed by atoms with Gasteiger partial charge in [0.25, 0.3) is 5.91 Å². The largest absolute Gasteiger partial charge is 0.494 e. The number of aryl methyl sites for hydroxylation is 1. The van der Waals surface area contributed by atoms with Gasteiger partial charge >= 0.3 is 0 Å². The number of fused-ring (bicyclic) bond motifs is 1. The van der Waals surface area contributed by atoms with E-state index in [1.165, 1.54) is 31.6 Å². The van der Waals surface area contributed by atoms with Gasteiger partial charge in [-0.2, -0.15) is 4.39 Å². The highest BCUT2D eigenvalue weighted by molar-refractivity contribution is 5.97. The van der Waals surface area contributed by atoms with Gasteiger partial charge in [-0.15, -0.1) is 0 Å². The number of rotatable bonds is 9. The van der Waals surface area contributed by atoms with E-state index in [-0.39, 0.29) is 35.2 Å². The highest BCUT2D eigenvalue weighted by Crippen LogP contribution is 2.32. The summed E-state index contributed by atoms with van der Waals surface area (Å²) in [5, 5.41) is 21.8. The molecule has 224 valence electrons. The van der Waals surface area contributed by atoms with Gasteiger partial charge in [0.05, 0.1) is 43.2 Å². The molecule has 2 aliphatic rings. The number of β-amino-alcohol motifs (C(OH)–C–C–N with tert-alkyl or cyclic N) is 1. The van der Waals surface area contributed by atoms with Crippen LogP contribution in [-0.2, 0) is 11.2 Å². The third-order valence-electron chi connectivity index (χ3n) is 7.82. The van der Waals surface area contributed by atoms with Crippen LogP contribution in [0.15, 0.2) is 48.9 Å². The van der Waals surface area contributed by atoms with Crippen molar-refractivity contribution in [2.75, 3.05) is 19.0 Å². The van der Waals surface area contributed by atoms with Gasteiger partial charge in [-0.25, -0.2) is 14.4 Å². The van der Waals surface area contributed by atoms with E-state index in [1.807, 2.05) is 13.0 Å². The number of carbonyl (C=O) groups is 2. The number of hydrogen-bond donors (Lipinski definition) is 5. The van der Waals surface area contributed by atoms with Crippen LogP contribution in [0.5, 0.6) is 5.75 Å². The summed E-state index contributed by atoms with van der Waals surface area (Å²) in [5.74, 6) is -2.32. The van der Waals surface area contributed by atoms with Crippen molar-refractivity contribution in [2.45, 2.75) is 50.4 Å². The molecule has 1 aliphatic carbocycles. The predicted octanol–water partition coefficient (Wildman–Crippen LogP) is 2.70. The Morgan fingerprint density at radius 2 is 1.93 bits per heavy atom. The number of imidazole rings is 1. The second-order valence-electron chi connectivity index (χ2n) is 10.7. The number of amides is 2. The van der Waals surface area contributed by atoms with Crippen LogP contribution < -0.4 is 26.0 Å². The minimum absolute atomic E-state index is 0.0260. The predicted molar refractivity (Wildman–Crippen MR) is 154 cm³/mol. The molecule has 13 heteroatoms. The Morgan fingerprint density at radius 3 is 2.67 bits per heavy atom. The highest BCUT2D eigenvalue weighted by Gasteiger charge is 2.41. The first kappa shape index (κ1) is 28.5. The number of benzene rings is 2. The van der Waals surface area contributed by atoms with Crippen molar-refractivity contribution in [3.63, 3.8) is 0 Å². The van der Waals surface area contributed by atoms with Gasteiger partial charge in [0.1, 0.15) is 0 Å². The first-order valence-electron chi connectivity index (χ1n) is 14.0. The van der Waals surface area contributed by atoms with Gasteiger partial charge in [-0.3, -0.25) is 14.0 Å². The summed E-state index contributed by atoms with van der Waals surface area (Å²) >= 11 is 0. The summed E-state index contributed by atoms with van der Waals surface area (Å²) in [6.07, 6.45) is 5.66. The van der Waals surface area contributed by atoms with Crippen LogP contribution in [0.4, 0.5) is 20.3 Å². The van der Waals surface area contributed by atoms with E-state index in [4.69, 9.17) is 4.74 Å². The molecule has 4 atom stereocenters. The lowest BCUT2D eigenvalue weighted by molar-refractivity contribution is -0.123. The minimum Gasteiger partial charge on any atom is -0.494 e. The van der Waals surface area contributed by atoms with Gasteiger partial charge < -0.3 is 31.1 Å². The van der Waals surface area contributed by atoms with Gasteiger partial charge in [-0.05, 0) is 55.2 Å². The molecule has 0 bridgehead atoms. The number of methoxy groups -OCH3 is 1. The topological polar surface area (TPSA) is 142 Å². The van der Waals surface area contributed by atoms with Crippen LogP contribution in [0.2, 0.25) is 0 Å². The summed E-state index contributed by atoms with van der Waals surface area (Å²) < 4.78 is 35.7. The molecular weight excluding hydrogens is 560 g/mol. The number of halogens is 2. The van der Waals surface area contributed by atoms with Crippen LogP contribution in [-0.4, -0.2) is 69.2 Å². The van der Waals surface area contributed by atoms with Crippen LogP contribution in [0.25, 0.3) is 16.9 Å². The van der Waals surface area contributed by atoms with Crippen molar-refractivity contribution < 1.29 is 28.2 Å². The van der Waals surface area contributed by atoms with E-state index in [9.17, 15) is 23.5 Å². The zero-order chi connectivity index (χ0) is 30.2. The molecule has 2 aromatic carbocycles. The normalized spacial score (nSPS) is 21.0. The second kappa shape index (κ2) is 11.6. The fourth-order valence-electron chi connectivity index (χ4n) is 5.38. The summed E-state index contributed by atoms with van der Waals surface area (Å²) in [5.41, 5.74) is 2.77. The fraction of sp³-hybridized carbons (Fsp3) is 0.333. The van der Waals surface area contributed by atoms with Gasteiger partial charge in [0, 0.05) is 35.8 Å². The van der Waals surface area contributed by atoms with Crippen molar-refractivity contribution in [2.24, 2.45) is 0 Å². The van der Waals surface area contributed by atoms with Crippen molar-refractivity contribution in [3.05, 3.63) is 71.7 Å². The molecule has 2 aromatic heterocycles. The maximum atomic E-state index is 14.8. The summed E-state index contributed by atoms with van der Waals surface area (Å²) in [4.78, 5) is 34.3. The first-order valence-corrected chi connectivity index (χ1v) is 14.0. The Labute approximate surface area is 245 Å². The van der Waals surface area contributed by atoms with E-state index >= 15 is 0 Å². The van der Waals surface area contributed by atoms with E-state index in [2.05, 4.69) is 31.2 Å². The second-order valence-corrected chi connectivity index (χ2v) is 10.7. The fourth-order valence-corrected chi connectivity index (χ4v) is 5.38. The Bertz CT molecular complexity index is 1710. The average Bonchev–Trinajstić information content (AvgIpc) is 3.35. The molecule has 0 unspecified atom stereocenters. The Balaban J connectivity index is 1.15. The number of hydrogen-bond acceptors (Lipinski definition) is 8. The highest BCUT2D eigenvalue weighted by atomic mass is 19.2. The molecule has 43 heavy (non-hydrogen) atoms. The van der Waals surface area contributed by atoms with E-state index in [0.717, 1.165) is 5.56 Å². The number of aliphatic hydroxyl groups is 1. The molecule has 2 amide bonds. The first-order chi connectivity index (χ1) is 20.8. The molecule has 5 N–H and O–H groups in total. The quantitative estimate of drug-likeness (QED) is 0.200. The number of aromatic nitrogens is 3. The van der Waals surface area contributed by atoms with Gasteiger partial charge in [0.2, 0.25) is 11.7 Å². The van der Waals surface area contributed by atoms with Crippen LogP contribution in [0.1, 0.15) is 35.7 Å². The summed E-state index contributed by atoms with van der Waals surface area (Å²) in [7, 11) is 1.27. The van der Waals surface area contributed by atoms with Crippen LogP contribution in [0.3, 0.4) is 0 Å². The maximum absolute atomic E-state index is 14.8. The Kier molecular flexibility index (Phi) is 7.67. The number of aliphatic hydroxyl groups excluding tert-OH is 1. The molecule has 3 heterocycles. The van der Waals surface area contributed by atoms with Crippen molar-refractivity contribution in [1.82, 2.24) is 30.3 Å². The lowest BCUT2D eigenvalue weighted by atomic mass is 10.0. The molecule has 11 nitrogen and oxygen atoms in total. The third-order valence-corrected chi connectivity index (χ3v) is 7.82. The van der Waals surface area contributed by atoms with E-state index in [1.54, 1.807) is 22.7 Å². The summed E-state index contributed by atoms with van der Waals surface area (Å²) in [6.45, 7) is 2.34. The van der Waals surface area contributed by atoms with Crippen molar-refractivity contribution in [3.8, 4) is 17.0 Å². The molecule has 1 aliphatic heterocycles. The third kappa shape index (κ3) is 5.60. The molecular formula is C30H31F2N7O4. The zero-order valence-electron chi connectivity index (χ0n) is 23.5. The van der Waals surface area contributed by atoms with Crippen molar-refractivity contribution in [1.29, 1.82) is 0 Å². The van der Waals surface area contributed by atoms with Crippen molar-refractivity contribution >= 4 is 29.0 Å². The molecule has 6 rings (SSSR count). The van der Waals surface area contributed by atoms with Gasteiger partial charge in [0.15, 0.2) is 23.0 Å². The number of anilines is 2. The smallest absolute Gasteiger partial charge is 0.251 e.